The second-order valence-corrected chi connectivity index (χ2v) is 5.30. The number of nitrogens with one attached hydrogen (secondary N) is 1. The molecule has 23 heavy (non-hydrogen) atoms. The van der Waals surface area contributed by atoms with Crippen molar-refractivity contribution in [2.45, 2.75) is 13.0 Å². The third kappa shape index (κ3) is 4.32. The Morgan fingerprint density at radius 2 is 2.13 bits per heavy atom. The molecule has 2 aromatic rings. The molecule has 0 aliphatic rings. The Morgan fingerprint density at radius 3 is 2.70 bits per heavy atom. The highest BCUT2D eigenvalue weighted by atomic mass is 19.1. The van der Waals surface area contributed by atoms with E-state index in [1.807, 2.05) is 31.0 Å². The summed E-state index contributed by atoms with van der Waals surface area (Å²) in [5.41, 5.74) is 1.46. The fourth-order valence-electron chi connectivity index (χ4n) is 2.26. The Hall–Kier alpha value is -2.34. The lowest BCUT2D eigenvalue weighted by Crippen LogP contribution is -2.21. The highest BCUT2D eigenvalue weighted by Crippen LogP contribution is 2.24. The molecule has 0 spiro atoms. The zero-order valence-electron chi connectivity index (χ0n) is 13.6. The van der Waals surface area contributed by atoms with Crippen molar-refractivity contribution >= 4 is 11.5 Å². The van der Waals surface area contributed by atoms with Crippen molar-refractivity contribution in [3.63, 3.8) is 0 Å². The molecule has 1 aromatic heterocycles. The smallest absolute Gasteiger partial charge is 0.132 e. The first-order valence-electron chi connectivity index (χ1n) is 7.43. The van der Waals surface area contributed by atoms with Crippen LogP contribution in [-0.4, -0.2) is 37.4 Å². The SMILES string of the molecule is COc1ccc(C(C)Nc2ccc(N(C)CCO)cn2)c(F)c1. The topological polar surface area (TPSA) is 57.6 Å². The molecule has 1 heterocycles. The first-order valence-corrected chi connectivity index (χ1v) is 7.43. The normalized spacial score (nSPS) is 11.9. The fourth-order valence-corrected chi connectivity index (χ4v) is 2.26. The molecule has 0 radical (unpaired) electrons. The van der Waals surface area contributed by atoms with Crippen molar-refractivity contribution in [3.05, 3.63) is 47.9 Å². The molecule has 6 heteroatoms. The average Bonchev–Trinajstić information content (AvgIpc) is 2.55. The van der Waals surface area contributed by atoms with Crippen molar-refractivity contribution in [3.8, 4) is 5.75 Å². The van der Waals surface area contributed by atoms with E-state index in [9.17, 15) is 4.39 Å². The van der Waals surface area contributed by atoms with Crippen LogP contribution in [0.2, 0.25) is 0 Å². The summed E-state index contributed by atoms with van der Waals surface area (Å²) in [6, 6.07) is 8.32. The van der Waals surface area contributed by atoms with E-state index < -0.39 is 0 Å². The maximum Gasteiger partial charge on any atom is 0.132 e. The van der Waals surface area contributed by atoms with Crippen LogP contribution in [0.25, 0.3) is 0 Å². The summed E-state index contributed by atoms with van der Waals surface area (Å²) in [4.78, 5) is 6.24. The van der Waals surface area contributed by atoms with E-state index in [0.717, 1.165) is 5.69 Å². The Morgan fingerprint density at radius 1 is 1.35 bits per heavy atom. The minimum atomic E-state index is -0.316. The first-order chi connectivity index (χ1) is 11.0. The summed E-state index contributed by atoms with van der Waals surface area (Å²) < 4.78 is 19.1. The quantitative estimate of drug-likeness (QED) is 0.822. The zero-order chi connectivity index (χ0) is 16.8. The number of likely N-dealkylation sites (N-methyl/N-ethyl adjacent to an activating group) is 1. The Kier molecular flexibility index (Phi) is 5.76. The van der Waals surface area contributed by atoms with Crippen LogP contribution in [0.4, 0.5) is 15.9 Å². The molecular formula is C17H22FN3O2. The van der Waals surface area contributed by atoms with E-state index in [0.29, 0.717) is 23.7 Å². The predicted molar refractivity (Wildman–Crippen MR) is 89.6 cm³/mol. The molecule has 1 aromatic carbocycles. The Labute approximate surface area is 135 Å². The van der Waals surface area contributed by atoms with Crippen molar-refractivity contribution < 1.29 is 14.2 Å². The monoisotopic (exact) mass is 319 g/mol. The number of nitrogens with zero attached hydrogens (tertiary/aromatic N) is 2. The summed E-state index contributed by atoms with van der Waals surface area (Å²) in [5.74, 6) is 0.838. The number of halogens is 1. The third-order valence-corrected chi connectivity index (χ3v) is 3.66. The summed E-state index contributed by atoms with van der Waals surface area (Å²) in [7, 11) is 3.39. The number of hydrogen-bond acceptors (Lipinski definition) is 5. The molecule has 0 amide bonds. The number of aliphatic hydroxyl groups excluding tert-OH is 1. The van der Waals surface area contributed by atoms with Crippen molar-refractivity contribution in [2.24, 2.45) is 0 Å². The minimum Gasteiger partial charge on any atom is -0.497 e. The lowest BCUT2D eigenvalue weighted by atomic mass is 10.1. The zero-order valence-corrected chi connectivity index (χ0v) is 13.6. The van der Waals surface area contributed by atoms with Gasteiger partial charge in [0.15, 0.2) is 0 Å². The molecular weight excluding hydrogens is 297 g/mol. The van der Waals surface area contributed by atoms with E-state index in [2.05, 4.69) is 10.3 Å². The van der Waals surface area contributed by atoms with Gasteiger partial charge < -0.3 is 20.1 Å². The Balaban J connectivity index is 2.06. The van der Waals surface area contributed by atoms with Crippen LogP contribution in [-0.2, 0) is 0 Å². The van der Waals surface area contributed by atoms with Crippen LogP contribution in [0.1, 0.15) is 18.5 Å². The molecule has 1 atom stereocenters. The van der Waals surface area contributed by atoms with E-state index in [1.54, 1.807) is 18.3 Å². The van der Waals surface area contributed by atoms with Gasteiger partial charge in [0.25, 0.3) is 0 Å². The van der Waals surface area contributed by atoms with Crippen molar-refractivity contribution in [1.29, 1.82) is 0 Å². The van der Waals surface area contributed by atoms with Crippen molar-refractivity contribution in [1.82, 2.24) is 4.98 Å². The molecule has 5 nitrogen and oxygen atoms in total. The number of benzene rings is 1. The molecule has 0 fully saturated rings. The van der Waals surface area contributed by atoms with E-state index in [-0.39, 0.29) is 18.5 Å². The molecule has 0 bridgehead atoms. The number of anilines is 2. The molecule has 0 saturated heterocycles. The van der Waals surface area contributed by atoms with Gasteiger partial charge in [0, 0.05) is 25.2 Å². The number of hydrogen-bond donors (Lipinski definition) is 2. The van der Waals surface area contributed by atoms with Crippen LogP contribution in [0.5, 0.6) is 5.75 Å². The van der Waals surface area contributed by atoms with Gasteiger partial charge in [-0.05, 0) is 25.1 Å². The van der Waals surface area contributed by atoms with Crippen LogP contribution in [0.3, 0.4) is 0 Å². The highest BCUT2D eigenvalue weighted by molar-refractivity contribution is 5.49. The lowest BCUT2D eigenvalue weighted by molar-refractivity contribution is 0.304. The Bertz CT molecular complexity index is 634. The number of aromatic nitrogens is 1. The lowest BCUT2D eigenvalue weighted by Gasteiger charge is -2.19. The molecule has 2 rings (SSSR count). The van der Waals surface area contributed by atoms with Gasteiger partial charge in [0.05, 0.1) is 31.6 Å². The number of methoxy groups -OCH3 is 1. The van der Waals surface area contributed by atoms with Gasteiger partial charge in [-0.25, -0.2) is 9.37 Å². The highest BCUT2D eigenvalue weighted by Gasteiger charge is 2.12. The van der Waals surface area contributed by atoms with Gasteiger partial charge >= 0.3 is 0 Å². The van der Waals surface area contributed by atoms with Gasteiger partial charge in [-0.3, -0.25) is 0 Å². The largest absolute Gasteiger partial charge is 0.497 e. The molecule has 0 aliphatic carbocycles. The predicted octanol–water partition coefficient (Wildman–Crippen LogP) is 2.83. The van der Waals surface area contributed by atoms with E-state index >= 15 is 0 Å². The number of rotatable bonds is 7. The molecule has 1 unspecified atom stereocenters. The first kappa shape index (κ1) is 17.0. The molecule has 2 N–H and O–H groups in total. The molecule has 0 saturated carbocycles. The third-order valence-electron chi connectivity index (χ3n) is 3.66. The summed E-state index contributed by atoms with van der Waals surface area (Å²) in [5, 5.41) is 12.1. The van der Waals surface area contributed by atoms with Crippen molar-refractivity contribution in [2.75, 3.05) is 37.5 Å². The van der Waals surface area contributed by atoms with Gasteiger partial charge in [-0.15, -0.1) is 0 Å². The summed E-state index contributed by atoms with van der Waals surface area (Å²) >= 11 is 0. The fraction of sp³-hybridized carbons (Fsp3) is 0.353. The standard InChI is InChI=1S/C17H22FN3O2/c1-12(15-6-5-14(23-3)10-16(15)18)20-17-7-4-13(11-19-17)21(2)8-9-22/h4-7,10-12,22H,8-9H2,1-3H3,(H,19,20). The summed E-state index contributed by atoms with van der Waals surface area (Å²) in [6.45, 7) is 2.50. The number of ether oxygens (including phenoxy) is 1. The van der Waals surface area contributed by atoms with E-state index in [1.165, 1.54) is 13.2 Å². The van der Waals surface area contributed by atoms with Crippen LogP contribution in [0, 0.1) is 5.82 Å². The van der Waals surface area contributed by atoms with Crippen LogP contribution >= 0.6 is 0 Å². The van der Waals surface area contributed by atoms with Gasteiger partial charge in [0.2, 0.25) is 0 Å². The van der Waals surface area contributed by atoms with Gasteiger partial charge in [0.1, 0.15) is 17.4 Å². The van der Waals surface area contributed by atoms with E-state index in [4.69, 9.17) is 9.84 Å². The second-order valence-electron chi connectivity index (χ2n) is 5.30. The van der Waals surface area contributed by atoms with Gasteiger partial charge in [-0.1, -0.05) is 6.07 Å². The van der Waals surface area contributed by atoms with Gasteiger partial charge in [-0.2, -0.15) is 0 Å². The second kappa shape index (κ2) is 7.78. The molecule has 124 valence electrons. The number of aliphatic hydroxyl groups is 1. The summed E-state index contributed by atoms with van der Waals surface area (Å²) in [6.07, 6.45) is 1.72. The van der Waals surface area contributed by atoms with Crippen LogP contribution in [0.15, 0.2) is 36.5 Å². The molecule has 0 aliphatic heterocycles. The van der Waals surface area contributed by atoms with Crippen LogP contribution < -0.4 is 15.0 Å². The number of pyridine rings is 1. The maximum absolute atomic E-state index is 14.1. The average molecular weight is 319 g/mol. The maximum atomic E-state index is 14.1. The minimum absolute atomic E-state index is 0.0876.